The molecule has 19 heavy (non-hydrogen) atoms. The molecule has 1 heterocycles. The van der Waals surface area contributed by atoms with Crippen LogP contribution in [0.15, 0.2) is 12.3 Å². The Bertz CT molecular complexity index is 416. The average molecular weight is 262 g/mol. The fourth-order valence-electron chi connectivity index (χ4n) is 2.55. The van der Waals surface area contributed by atoms with Crippen molar-refractivity contribution in [2.75, 3.05) is 11.9 Å². The van der Waals surface area contributed by atoms with E-state index in [1.807, 2.05) is 12.3 Å². The molecule has 0 amide bonds. The molecule has 0 radical (unpaired) electrons. The highest BCUT2D eigenvalue weighted by molar-refractivity contribution is 5.28. The third-order valence-corrected chi connectivity index (χ3v) is 3.87. The Hall–Kier alpha value is -1.16. The van der Waals surface area contributed by atoms with Crippen molar-refractivity contribution in [3.05, 3.63) is 18.0 Å². The number of nitrogens with zero attached hydrogens (tertiary/aromatic N) is 2. The largest absolute Gasteiger partial charge is 0.352 e. The van der Waals surface area contributed by atoms with E-state index in [4.69, 9.17) is 5.73 Å². The van der Waals surface area contributed by atoms with Gasteiger partial charge in [0.25, 0.3) is 0 Å². The van der Waals surface area contributed by atoms with Crippen LogP contribution < -0.4 is 11.1 Å². The summed E-state index contributed by atoms with van der Waals surface area (Å²) in [5, 5.41) is 3.32. The van der Waals surface area contributed by atoms with Crippen molar-refractivity contribution in [3.8, 4) is 0 Å². The Balaban J connectivity index is 1.99. The SMILES string of the molecule is CC(C)(C)c1ccnc(NCC2(N)CCCCC2)n1. The van der Waals surface area contributed by atoms with Gasteiger partial charge in [-0.15, -0.1) is 0 Å². The molecule has 3 N–H and O–H groups in total. The fraction of sp³-hybridized carbons (Fsp3) is 0.733. The van der Waals surface area contributed by atoms with Crippen LogP contribution in [-0.4, -0.2) is 22.1 Å². The molecule has 1 saturated carbocycles. The Morgan fingerprint density at radius 1 is 1.26 bits per heavy atom. The molecule has 4 heteroatoms. The van der Waals surface area contributed by atoms with Crippen molar-refractivity contribution >= 4 is 5.95 Å². The predicted octanol–water partition coefficient (Wildman–Crippen LogP) is 2.85. The van der Waals surface area contributed by atoms with Gasteiger partial charge in [0.05, 0.1) is 5.69 Å². The zero-order valence-electron chi connectivity index (χ0n) is 12.4. The van der Waals surface area contributed by atoms with Gasteiger partial charge in [0.1, 0.15) is 0 Å². The van der Waals surface area contributed by atoms with Gasteiger partial charge in [0.2, 0.25) is 5.95 Å². The summed E-state index contributed by atoms with van der Waals surface area (Å²) in [5.41, 5.74) is 7.43. The summed E-state index contributed by atoms with van der Waals surface area (Å²) in [4.78, 5) is 8.87. The standard InChI is InChI=1S/C15H26N4/c1-14(2,3)12-7-10-17-13(19-12)18-11-15(16)8-5-4-6-9-15/h7,10H,4-6,8-9,11,16H2,1-3H3,(H,17,18,19). The maximum atomic E-state index is 6.41. The molecular formula is C15H26N4. The molecule has 106 valence electrons. The molecule has 0 spiro atoms. The van der Waals surface area contributed by atoms with Gasteiger partial charge >= 0.3 is 0 Å². The molecule has 0 unspecified atom stereocenters. The molecular weight excluding hydrogens is 236 g/mol. The first-order chi connectivity index (χ1) is 8.89. The van der Waals surface area contributed by atoms with Crippen molar-refractivity contribution in [3.63, 3.8) is 0 Å². The summed E-state index contributed by atoms with van der Waals surface area (Å²) in [6.07, 6.45) is 7.80. The van der Waals surface area contributed by atoms with Crippen LogP contribution in [0.3, 0.4) is 0 Å². The second-order valence-electron chi connectivity index (χ2n) is 6.79. The normalized spacial score (nSPS) is 19.2. The van der Waals surface area contributed by atoms with E-state index in [2.05, 4.69) is 36.1 Å². The van der Waals surface area contributed by atoms with E-state index in [0.717, 1.165) is 25.1 Å². The molecule has 1 fully saturated rings. The lowest BCUT2D eigenvalue weighted by molar-refractivity contribution is 0.310. The minimum Gasteiger partial charge on any atom is -0.352 e. The average Bonchev–Trinajstić information content (AvgIpc) is 2.37. The Kier molecular flexibility index (Phi) is 4.09. The number of nitrogens with two attached hydrogens (primary N) is 1. The zero-order chi connectivity index (χ0) is 13.9. The highest BCUT2D eigenvalue weighted by Crippen LogP contribution is 2.26. The molecule has 0 bridgehead atoms. The number of hydrogen-bond donors (Lipinski definition) is 2. The lowest BCUT2D eigenvalue weighted by Crippen LogP contribution is -2.47. The topological polar surface area (TPSA) is 63.8 Å². The minimum atomic E-state index is -0.0840. The van der Waals surface area contributed by atoms with Gasteiger partial charge in [-0.25, -0.2) is 9.97 Å². The predicted molar refractivity (Wildman–Crippen MR) is 79.2 cm³/mol. The number of nitrogens with one attached hydrogen (secondary N) is 1. The zero-order valence-corrected chi connectivity index (χ0v) is 12.4. The van der Waals surface area contributed by atoms with Crippen LogP contribution in [0.2, 0.25) is 0 Å². The van der Waals surface area contributed by atoms with E-state index in [1.165, 1.54) is 19.3 Å². The summed E-state index contributed by atoms with van der Waals surface area (Å²) in [7, 11) is 0. The smallest absolute Gasteiger partial charge is 0.222 e. The maximum absolute atomic E-state index is 6.41. The molecule has 1 aliphatic rings. The number of rotatable bonds is 3. The van der Waals surface area contributed by atoms with Gasteiger partial charge < -0.3 is 11.1 Å². The van der Waals surface area contributed by atoms with E-state index >= 15 is 0 Å². The first-order valence-electron chi connectivity index (χ1n) is 7.25. The third-order valence-electron chi connectivity index (χ3n) is 3.87. The Labute approximate surface area is 116 Å². The van der Waals surface area contributed by atoms with E-state index < -0.39 is 0 Å². The monoisotopic (exact) mass is 262 g/mol. The Morgan fingerprint density at radius 2 is 1.95 bits per heavy atom. The summed E-state index contributed by atoms with van der Waals surface area (Å²) in [5.74, 6) is 0.697. The van der Waals surface area contributed by atoms with E-state index in [0.29, 0.717) is 5.95 Å². The Morgan fingerprint density at radius 3 is 2.58 bits per heavy atom. The van der Waals surface area contributed by atoms with Crippen molar-refractivity contribution in [2.45, 2.75) is 63.8 Å². The van der Waals surface area contributed by atoms with Crippen LogP contribution in [0.4, 0.5) is 5.95 Å². The molecule has 4 nitrogen and oxygen atoms in total. The minimum absolute atomic E-state index is 0.0462. The molecule has 1 aromatic heterocycles. The van der Waals surface area contributed by atoms with Gasteiger partial charge in [-0.1, -0.05) is 40.0 Å². The van der Waals surface area contributed by atoms with E-state index in [9.17, 15) is 0 Å². The van der Waals surface area contributed by atoms with Gasteiger partial charge in [-0.05, 0) is 18.9 Å². The van der Waals surface area contributed by atoms with Crippen molar-refractivity contribution in [1.82, 2.24) is 9.97 Å². The van der Waals surface area contributed by atoms with Crippen molar-refractivity contribution in [2.24, 2.45) is 5.73 Å². The van der Waals surface area contributed by atoms with Crippen LogP contribution in [-0.2, 0) is 5.41 Å². The molecule has 2 rings (SSSR count). The van der Waals surface area contributed by atoms with Crippen LogP contribution >= 0.6 is 0 Å². The second kappa shape index (κ2) is 5.45. The van der Waals surface area contributed by atoms with Crippen molar-refractivity contribution < 1.29 is 0 Å². The van der Waals surface area contributed by atoms with Gasteiger partial charge in [0.15, 0.2) is 0 Å². The molecule has 0 aromatic carbocycles. The molecule has 1 aromatic rings. The summed E-state index contributed by atoms with van der Waals surface area (Å²) < 4.78 is 0. The summed E-state index contributed by atoms with van der Waals surface area (Å²) in [6.45, 7) is 7.24. The molecule has 0 saturated heterocycles. The number of hydrogen-bond acceptors (Lipinski definition) is 4. The summed E-state index contributed by atoms with van der Waals surface area (Å²) >= 11 is 0. The lowest BCUT2D eigenvalue weighted by Gasteiger charge is -2.33. The molecule has 1 aliphatic carbocycles. The van der Waals surface area contributed by atoms with Gasteiger partial charge in [-0.2, -0.15) is 0 Å². The van der Waals surface area contributed by atoms with Crippen LogP contribution in [0.25, 0.3) is 0 Å². The lowest BCUT2D eigenvalue weighted by atomic mass is 9.82. The molecule has 0 atom stereocenters. The second-order valence-corrected chi connectivity index (χ2v) is 6.79. The summed E-state index contributed by atoms with van der Waals surface area (Å²) in [6, 6.07) is 1.98. The highest BCUT2D eigenvalue weighted by atomic mass is 15.1. The number of anilines is 1. The van der Waals surface area contributed by atoms with Gasteiger partial charge in [0, 0.05) is 23.7 Å². The maximum Gasteiger partial charge on any atom is 0.222 e. The van der Waals surface area contributed by atoms with Crippen LogP contribution in [0.1, 0.15) is 58.6 Å². The van der Waals surface area contributed by atoms with Crippen LogP contribution in [0.5, 0.6) is 0 Å². The van der Waals surface area contributed by atoms with Crippen LogP contribution in [0, 0.1) is 0 Å². The fourth-order valence-corrected chi connectivity index (χ4v) is 2.55. The highest BCUT2D eigenvalue weighted by Gasteiger charge is 2.27. The van der Waals surface area contributed by atoms with E-state index in [-0.39, 0.29) is 11.0 Å². The quantitative estimate of drug-likeness (QED) is 0.879. The first kappa shape index (κ1) is 14.3. The van der Waals surface area contributed by atoms with Crippen molar-refractivity contribution in [1.29, 1.82) is 0 Å². The van der Waals surface area contributed by atoms with Gasteiger partial charge in [-0.3, -0.25) is 0 Å². The first-order valence-corrected chi connectivity index (χ1v) is 7.25. The third kappa shape index (κ3) is 3.90. The molecule has 0 aliphatic heterocycles. The number of aromatic nitrogens is 2. The van der Waals surface area contributed by atoms with E-state index in [1.54, 1.807) is 0 Å².